The van der Waals surface area contributed by atoms with Crippen LogP contribution in [0.1, 0.15) is 34.6 Å². The lowest BCUT2D eigenvalue weighted by molar-refractivity contribution is 0.0515. The minimum atomic E-state index is -3.73. The zero-order valence-corrected chi connectivity index (χ0v) is 16.9. The Labute approximate surface area is 165 Å². The van der Waals surface area contributed by atoms with Gasteiger partial charge in [0.1, 0.15) is 10.6 Å². The molecule has 2 aromatic rings. The Kier molecular flexibility index (Phi) is 7.05. The number of hydrogen-bond acceptors (Lipinski definition) is 5. The number of aryl methyl sites for hydroxylation is 1. The Morgan fingerprint density at radius 2 is 2.11 bits per heavy atom. The third kappa shape index (κ3) is 4.70. The van der Waals surface area contributed by atoms with Crippen LogP contribution in [-0.2, 0) is 28.2 Å². The fraction of sp³-hybridized carbons (Fsp3) is 0.389. The number of esters is 1. The van der Waals surface area contributed by atoms with E-state index in [1.165, 1.54) is 22.4 Å². The minimum Gasteiger partial charge on any atom is -0.461 e. The van der Waals surface area contributed by atoms with E-state index in [0.29, 0.717) is 0 Å². The van der Waals surface area contributed by atoms with E-state index in [9.17, 15) is 13.2 Å². The number of aromatic nitrogens is 1. The van der Waals surface area contributed by atoms with E-state index in [2.05, 4.69) is 16.1 Å². The fourth-order valence-corrected chi connectivity index (χ4v) is 4.26. The standard InChI is InChI=1S/C18H23N3O4S.ClH/c1-3-25-18(22)17-10-14(12-21(17)2)26(23,24)20-11-16-15-7-5-4-6-13(15)8-9-19-16;/h4-7,10,12,16,19-20H,3,8-9,11H2,1-2H3;1H. The number of halogens is 1. The Morgan fingerprint density at radius 1 is 1.37 bits per heavy atom. The summed E-state index contributed by atoms with van der Waals surface area (Å²) in [5, 5.41) is 3.34. The molecule has 1 aromatic heterocycles. The number of hydrogen-bond donors (Lipinski definition) is 2. The number of carbonyl (C=O) groups excluding carboxylic acids is 1. The van der Waals surface area contributed by atoms with Crippen LogP contribution in [0.2, 0.25) is 0 Å². The van der Waals surface area contributed by atoms with Gasteiger partial charge < -0.3 is 14.6 Å². The molecular formula is C18H24ClN3O4S. The Hall–Kier alpha value is -1.87. The van der Waals surface area contributed by atoms with Crippen LogP contribution in [-0.4, -0.2) is 38.7 Å². The normalized spacial score (nSPS) is 16.3. The Bertz CT molecular complexity index is 911. The fourth-order valence-electron chi connectivity index (χ4n) is 3.14. The first kappa shape index (κ1) is 21.4. The molecule has 0 saturated carbocycles. The van der Waals surface area contributed by atoms with Crippen molar-refractivity contribution in [1.29, 1.82) is 0 Å². The number of benzene rings is 1. The van der Waals surface area contributed by atoms with Gasteiger partial charge in [-0.2, -0.15) is 0 Å². The second-order valence-corrected chi connectivity index (χ2v) is 7.97. The maximum atomic E-state index is 12.6. The van der Waals surface area contributed by atoms with Crippen molar-refractivity contribution < 1.29 is 17.9 Å². The summed E-state index contributed by atoms with van der Waals surface area (Å²) < 4.78 is 34.3. The maximum Gasteiger partial charge on any atom is 0.354 e. The molecule has 1 unspecified atom stereocenters. The van der Waals surface area contributed by atoms with Gasteiger partial charge >= 0.3 is 5.97 Å². The highest BCUT2D eigenvalue weighted by atomic mass is 35.5. The molecule has 0 fully saturated rings. The Balaban J connectivity index is 0.00000261. The number of carbonyl (C=O) groups is 1. The molecule has 27 heavy (non-hydrogen) atoms. The number of fused-ring (bicyclic) bond motifs is 1. The number of ether oxygens (including phenoxy) is 1. The molecule has 2 heterocycles. The van der Waals surface area contributed by atoms with Gasteiger partial charge in [-0.1, -0.05) is 24.3 Å². The van der Waals surface area contributed by atoms with Gasteiger partial charge in [-0.05, 0) is 37.1 Å². The highest BCUT2D eigenvalue weighted by Gasteiger charge is 2.24. The third-order valence-corrected chi connectivity index (χ3v) is 5.86. The quantitative estimate of drug-likeness (QED) is 0.705. The summed E-state index contributed by atoms with van der Waals surface area (Å²) in [4.78, 5) is 11.9. The number of nitrogens with one attached hydrogen (secondary N) is 2. The van der Waals surface area contributed by atoms with Crippen LogP contribution in [0, 0.1) is 0 Å². The number of nitrogens with zero attached hydrogens (tertiary/aromatic N) is 1. The van der Waals surface area contributed by atoms with Gasteiger partial charge in [-0.15, -0.1) is 12.4 Å². The molecule has 1 aliphatic rings. The van der Waals surface area contributed by atoms with Gasteiger partial charge in [0.2, 0.25) is 10.0 Å². The van der Waals surface area contributed by atoms with Crippen molar-refractivity contribution in [2.75, 3.05) is 19.7 Å². The predicted octanol–water partition coefficient (Wildman–Crippen LogP) is 1.79. The van der Waals surface area contributed by atoms with Crippen molar-refractivity contribution >= 4 is 28.4 Å². The van der Waals surface area contributed by atoms with E-state index in [1.807, 2.05) is 18.2 Å². The lowest BCUT2D eigenvalue weighted by Gasteiger charge is -2.27. The summed E-state index contributed by atoms with van der Waals surface area (Å²) >= 11 is 0. The van der Waals surface area contributed by atoms with Gasteiger partial charge in [-0.25, -0.2) is 17.9 Å². The van der Waals surface area contributed by atoms with Crippen LogP contribution in [0.4, 0.5) is 0 Å². The lowest BCUT2D eigenvalue weighted by atomic mass is 9.95. The average molecular weight is 414 g/mol. The van der Waals surface area contributed by atoms with Gasteiger partial charge in [0, 0.05) is 25.8 Å². The molecule has 1 aliphatic heterocycles. The smallest absolute Gasteiger partial charge is 0.354 e. The highest BCUT2D eigenvalue weighted by molar-refractivity contribution is 7.89. The SMILES string of the molecule is CCOC(=O)c1cc(S(=O)(=O)NCC2NCCc3ccccc32)cn1C.Cl. The molecule has 1 atom stereocenters. The first-order valence-electron chi connectivity index (χ1n) is 8.56. The monoisotopic (exact) mass is 413 g/mol. The van der Waals surface area contributed by atoms with Crippen LogP contribution < -0.4 is 10.0 Å². The van der Waals surface area contributed by atoms with Crippen molar-refractivity contribution in [3.8, 4) is 0 Å². The third-order valence-electron chi connectivity index (χ3n) is 4.47. The molecule has 0 radical (unpaired) electrons. The van der Waals surface area contributed by atoms with E-state index < -0.39 is 16.0 Å². The van der Waals surface area contributed by atoms with Crippen LogP contribution in [0.3, 0.4) is 0 Å². The topological polar surface area (TPSA) is 89.4 Å². The minimum absolute atomic E-state index is 0. The molecule has 0 aliphatic carbocycles. The highest BCUT2D eigenvalue weighted by Crippen LogP contribution is 2.23. The number of sulfonamides is 1. The summed E-state index contributed by atoms with van der Waals surface area (Å²) in [6, 6.07) is 9.29. The van der Waals surface area contributed by atoms with Crippen molar-refractivity contribution in [1.82, 2.24) is 14.6 Å². The average Bonchev–Trinajstić information content (AvgIpc) is 3.03. The predicted molar refractivity (Wildman–Crippen MR) is 105 cm³/mol. The molecule has 0 saturated heterocycles. The largest absolute Gasteiger partial charge is 0.461 e. The van der Waals surface area contributed by atoms with E-state index in [1.54, 1.807) is 14.0 Å². The van der Waals surface area contributed by atoms with Crippen LogP contribution in [0.15, 0.2) is 41.4 Å². The van der Waals surface area contributed by atoms with Gasteiger partial charge in [0.05, 0.1) is 6.61 Å². The Morgan fingerprint density at radius 3 is 2.85 bits per heavy atom. The van der Waals surface area contributed by atoms with Gasteiger partial charge in [0.25, 0.3) is 0 Å². The van der Waals surface area contributed by atoms with Crippen LogP contribution in [0.5, 0.6) is 0 Å². The van der Waals surface area contributed by atoms with Crippen LogP contribution >= 0.6 is 12.4 Å². The molecule has 9 heteroatoms. The second kappa shape index (κ2) is 8.88. The van der Waals surface area contributed by atoms with E-state index in [4.69, 9.17) is 4.74 Å². The summed E-state index contributed by atoms with van der Waals surface area (Å²) in [5.74, 6) is -0.542. The summed E-state index contributed by atoms with van der Waals surface area (Å²) in [6.45, 7) is 2.98. The van der Waals surface area contributed by atoms with E-state index >= 15 is 0 Å². The molecule has 0 spiro atoms. The molecule has 0 amide bonds. The molecule has 2 N–H and O–H groups in total. The van der Waals surface area contributed by atoms with Gasteiger partial charge in [-0.3, -0.25) is 0 Å². The molecule has 148 valence electrons. The zero-order chi connectivity index (χ0) is 18.7. The van der Waals surface area contributed by atoms with E-state index in [-0.39, 0.29) is 42.2 Å². The zero-order valence-electron chi connectivity index (χ0n) is 15.3. The molecule has 7 nitrogen and oxygen atoms in total. The molecular weight excluding hydrogens is 390 g/mol. The maximum absolute atomic E-state index is 12.6. The molecule has 3 rings (SSSR count). The van der Waals surface area contributed by atoms with Crippen molar-refractivity contribution in [2.45, 2.75) is 24.3 Å². The van der Waals surface area contributed by atoms with E-state index in [0.717, 1.165) is 18.5 Å². The summed E-state index contributed by atoms with van der Waals surface area (Å²) in [6.07, 6.45) is 2.35. The summed E-state index contributed by atoms with van der Waals surface area (Å²) in [7, 11) is -2.12. The van der Waals surface area contributed by atoms with Gasteiger partial charge in [0.15, 0.2) is 0 Å². The van der Waals surface area contributed by atoms with Crippen molar-refractivity contribution in [3.05, 3.63) is 53.3 Å². The van der Waals surface area contributed by atoms with Crippen molar-refractivity contribution in [3.63, 3.8) is 0 Å². The first-order chi connectivity index (χ1) is 12.4. The van der Waals surface area contributed by atoms with Crippen LogP contribution in [0.25, 0.3) is 0 Å². The number of rotatable bonds is 6. The summed E-state index contributed by atoms with van der Waals surface area (Å²) in [5.41, 5.74) is 2.55. The molecule has 0 bridgehead atoms. The lowest BCUT2D eigenvalue weighted by Crippen LogP contribution is -2.38. The first-order valence-corrected chi connectivity index (χ1v) is 10.0. The second-order valence-electron chi connectivity index (χ2n) is 6.20. The van der Waals surface area contributed by atoms with Crippen molar-refractivity contribution in [2.24, 2.45) is 7.05 Å². The molecule has 1 aromatic carbocycles.